The van der Waals surface area contributed by atoms with E-state index >= 15 is 0 Å². The second kappa shape index (κ2) is 5.13. The fraction of sp³-hybridized carbons (Fsp3) is 0.294. The van der Waals surface area contributed by atoms with Gasteiger partial charge < -0.3 is 10.0 Å². The Morgan fingerprint density at radius 2 is 2.00 bits per heavy atom. The Labute approximate surface area is 128 Å². The van der Waals surface area contributed by atoms with E-state index < -0.39 is 0 Å². The standard InChI is InChI=1S/C17H18BrNO/c1-11-9-13-5-3-4-6-16(13)19(11)12(2)15-10-14(18)7-8-17(15)20/h3-8,10-12,20H,9H2,1-2H3. The van der Waals surface area contributed by atoms with Gasteiger partial charge in [0, 0.05) is 21.8 Å². The third-order valence-corrected chi connectivity index (χ3v) is 4.61. The van der Waals surface area contributed by atoms with Crippen molar-refractivity contribution in [1.82, 2.24) is 0 Å². The first-order valence-electron chi connectivity index (χ1n) is 6.92. The number of rotatable bonds is 2. The lowest BCUT2D eigenvalue weighted by atomic mass is 10.0. The number of hydrogen-bond acceptors (Lipinski definition) is 2. The van der Waals surface area contributed by atoms with E-state index in [4.69, 9.17) is 0 Å². The molecule has 0 amide bonds. The Kier molecular flexibility index (Phi) is 3.47. The van der Waals surface area contributed by atoms with Gasteiger partial charge in [0.1, 0.15) is 5.75 Å². The van der Waals surface area contributed by atoms with Gasteiger partial charge in [-0.3, -0.25) is 0 Å². The highest BCUT2D eigenvalue weighted by molar-refractivity contribution is 9.10. The second-order valence-electron chi connectivity index (χ2n) is 5.47. The summed E-state index contributed by atoms with van der Waals surface area (Å²) in [7, 11) is 0. The number of phenolic OH excluding ortho intramolecular Hbond substituents is 1. The molecule has 0 radical (unpaired) electrons. The lowest BCUT2D eigenvalue weighted by Gasteiger charge is -2.32. The highest BCUT2D eigenvalue weighted by Crippen LogP contribution is 2.40. The van der Waals surface area contributed by atoms with Gasteiger partial charge in [0.25, 0.3) is 0 Å². The predicted molar refractivity (Wildman–Crippen MR) is 86.3 cm³/mol. The molecule has 0 aromatic heterocycles. The third-order valence-electron chi connectivity index (χ3n) is 4.12. The van der Waals surface area contributed by atoms with Gasteiger partial charge in [-0.25, -0.2) is 0 Å². The number of aromatic hydroxyl groups is 1. The maximum atomic E-state index is 10.2. The number of nitrogens with zero attached hydrogens (tertiary/aromatic N) is 1. The first kappa shape index (κ1) is 13.5. The monoisotopic (exact) mass is 331 g/mol. The number of para-hydroxylation sites is 1. The topological polar surface area (TPSA) is 23.5 Å². The minimum absolute atomic E-state index is 0.145. The lowest BCUT2D eigenvalue weighted by Crippen LogP contribution is -2.32. The largest absolute Gasteiger partial charge is 0.508 e. The summed E-state index contributed by atoms with van der Waals surface area (Å²) in [5.74, 6) is 0.359. The van der Waals surface area contributed by atoms with E-state index in [-0.39, 0.29) is 6.04 Å². The smallest absolute Gasteiger partial charge is 0.120 e. The zero-order valence-corrected chi connectivity index (χ0v) is 13.3. The van der Waals surface area contributed by atoms with Gasteiger partial charge in [-0.15, -0.1) is 0 Å². The maximum Gasteiger partial charge on any atom is 0.120 e. The van der Waals surface area contributed by atoms with Crippen LogP contribution in [0.4, 0.5) is 5.69 Å². The van der Waals surface area contributed by atoms with Crippen molar-refractivity contribution in [2.45, 2.75) is 32.4 Å². The molecule has 0 fully saturated rings. The number of hydrogen-bond donors (Lipinski definition) is 1. The van der Waals surface area contributed by atoms with Crippen LogP contribution in [0, 0.1) is 0 Å². The molecule has 1 heterocycles. The van der Waals surface area contributed by atoms with Gasteiger partial charge in [-0.2, -0.15) is 0 Å². The Morgan fingerprint density at radius 3 is 2.80 bits per heavy atom. The van der Waals surface area contributed by atoms with Crippen LogP contribution >= 0.6 is 15.9 Å². The van der Waals surface area contributed by atoms with Crippen LogP contribution in [0.2, 0.25) is 0 Å². The molecule has 104 valence electrons. The molecule has 3 heteroatoms. The van der Waals surface area contributed by atoms with Crippen LogP contribution in [0.5, 0.6) is 5.75 Å². The van der Waals surface area contributed by atoms with E-state index in [2.05, 4.69) is 58.9 Å². The van der Waals surface area contributed by atoms with Crippen LogP contribution in [0.3, 0.4) is 0 Å². The van der Waals surface area contributed by atoms with E-state index in [9.17, 15) is 5.11 Å². The van der Waals surface area contributed by atoms with E-state index in [1.54, 1.807) is 6.07 Å². The number of benzene rings is 2. The average Bonchev–Trinajstić information content (AvgIpc) is 2.76. The molecule has 2 unspecified atom stereocenters. The van der Waals surface area contributed by atoms with Crippen molar-refractivity contribution in [3.63, 3.8) is 0 Å². The summed E-state index contributed by atoms with van der Waals surface area (Å²) in [6, 6.07) is 14.8. The highest BCUT2D eigenvalue weighted by atomic mass is 79.9. The molecule has 0 saturated heterocycles. The summed E-state index contributed by atoms with van der Waals surface area (Å²) < 4.78 is 0.997. The van der Waals surface area contributed by atoms with Gasteiger partial charge in [-0.1, -0.05) is 34.1 Å². The molecule has 2 nitrogen and oxygen atoms in total. The van der Waals surface area contributed by atoms with Crippen molar-refractivity contribution in [1.29, 1.82) is 0 Å². The Hall–Kier alpha value is -1.48. The molecule has 0 aliphatic carbocycles. The Morgan fingerprint density at radius 1 is 1.25 bits per heavy atom. The fourth-order valence-corrected chi connectivity index (χ4v) is 3.57. The van der Waals surface area contributed by atoms with Gasteiger partial charge in [0.05, 0.1) is 6.04 Å². The summed E-state index contributed by atoms with van der Waals surface area (Å²) in [4.78, 5) is 2.40. The van der Waals surface area contributed by atoms with Gasteiger partial charge in [0.15, 0.2) is 0 Å². The summed E-state index contributed by atoms with van der Waals surface area (Å²) in [5, 5.41) is 10.2. The molecular formula is C17H18BrNO. The van der Waals surface area contributed by atoms with Gasteiger partial charge in [-0.05, 0) is 50.1 Å². The first-order chi connectivity index (χ1) is 9.58. The molecule has 1 aliphatic heterocycles. The summed E-state index contributed by atoms with van der Waals surface area (Å²) >= 11 is 3.49. The first-order valence-corrected chi connectivity index (χ1v) is 7.72. The molecule has 1 N–H and O–H groups in total. The lowest BCUT2D eigenvalue weighted by molar-refractivity contribution is 0.458. The molecule has 0 spiro atoms. The minimum atomic E-state index is 0.145. The number of phenols is 1. The molecule has 2 atom stereocenters. The normalized spacial score (nSPS) is 18.9. The van der Waals surface area contributed by atoms with Crippen LogP contribution in [0.1, 0.15) is 31.0 Å². The maximum absolute atomic E-state index is 10.2. The van der Waals surface area contributed by atoms with Crippen LogP contribution in [0.15, 0.2) is 46.9 Å². The molecule has 2 aromatic carbocycles. The molecule has 0 bridgehead atoms. The number of fused-ring (bicyclic) bond motifs is 1. The molecule has 2 aromatic rings. The van der Waals surface area contributed by atoms with E-state index in [0.717, 1.165) is 16.5 Å². The third kappa shape index (κ3) is 2.20. The Balaban J connectivity index is 2.02. The average molecular weight is 332 g/mol. The number of anilines is 1. The molecular weight excluding hydrogens is 314 g/mol. The molecule has 3 rings (SSSR count). The van der Waals surface area contributed by atoms with Crippen LogP contribution in [-0.4, -0.2) is 11.1 Å². The summed E-state index contributed by atoms with van der Waals surface area (Å²) in [5.41, 5.74) is 3.64. The fourth-order valence-electron chi connectivity index (χ4n) is 3.19. The Bertz CT molecular complexity index is 641. The zero-order valence-electron chi connectivity index (χ0n) is 11.7. The second-order valence-corrected chi connectivity index (χ2v) is 6.38. The van der Waals surface area contributed by atoms with Crippen LogP contribution < -0.4 is 4.90 Å². The molecule has 0 saturated carbocycles. The van der Waals surface area contributed by atoms with Gasteiger partial charge >= 0.3 is 0 Å². The summed E-state index contributed by atoms with van der Waals surface area (Å²) in [6.07, 6.45) is 1.06. The molecule has 1 aliphatic rings. The van der Waals surface area contributed by atoms with E-state index in [0.29, 0.717) is 11.8 Å². The predicted octanol–water partition coefficient (Wildman–Crippen LogP) is 4.67. The van der Waals surface area contributed by atoms with Crippen molar-refractivity contribution < 1.29 is 5.11 Å². The van der Waals surface area contributed by atoms with Crippen molar-refractivity contribution in [2.75, 3.05) is 4.90 Å². The highest BCUT2D eigenvalue weighted by Gasteiger charge is 2.30. The number of halogens is 1. The van der Waals surface area contributed by atoms with E-state index in [1.165, 1.54) is 11.3 Å². The summed E-state index contributed by atoms with van der Waals surface area (Å²) in [6.45, 7) is 4.39. The molecule has 20 heavy (non-hydrogen) atoms. The minimum Gasteiger partial charge on any atom is -0.508 e. The van der Waals surface area contributed by atoms with Crippen molar-refractivity contribution in [3.8, 4) is 5.75 Å². The quantitative estimate of drug-likeness (QED) is 0.864. The SMILES string of the molecule is CC1Cc2ccccc2N1C(C)c1cc(Br)ccc1O. The van der Waals surface area contributed by atoms with Crippen LogP contribution in [0.25, 0.3) is 0 Å². The van der Waals surface area contributed by atoms with Gasteiger partial charge in [0.2, 0.25) is 0 Å². The van der Waals surface area contributed by atoms with E-state index in [1.807, 2.05) is 12.1 Å². The van der Waals surface area contributed by atoms with Crippen molar-refractivity contribution >= 4 is 21.6 Å². The van der Waals surface area contributed by atoms with Crippen molar-refractivity contribution in [3.05, 3.63) is 58.1 Å². The zero-order chi connectivity index (χ0) is 14.3. The van der Waals surface area contributed by atoms with Crippen LogP contribution in [-0.2, 0) is 6.42 Å². The van der Waals surface area contributed by atoms with Crippen molar-refractivity contribution in [2.24, 2.45) is 0 Å².